The molecule has 7 atom stereocenters. The summed E-state index contributed by atoms with van der Waals surface area (Å²) in [7, 11) is 0. The summed E-state index contributed by atoms with van der Waals surface area (Å²) < 4.78 is 1.28. The van der Waals surface area contributed by atoms with Gasteiger partial charge in [0.1, 0.15) is 18.6 Å². The number of amides is 3. The van der Waals surface area contributed by atoms with Gasteiger partial charge in [0.15, 0.2) is 0 Å². The highest BCUT2D eigenvalue weighted by molar-refractivity contribution is 8.03. The van der Waals surface area contributed by atoms with E-state index < -0.39 is 17.9 Å². The molecule has 0 unspecified atom stereocenters. The van der Waals surface area contributed by atoms with Crippen molar-refractivity contribution in [3.63, 3.8) is 0 Å². The Balaban J connectivity index is 1.22. The van der Waals surface area contributed by atoms with Gasteiger partial charge in [-0.1, -0.05) is 6.92 Å². The second-order valence-electron chi connectivity index (χ2n) is 10.5. The molecule has 0 saturated carbocycles. The number of rotatable bonds is 9. The molecule has 0 bridgehead atoms. The van der Waals surface area contributed by atoms with Crippen LogP contribution in [0.4, 0.5) is 0 Å². The summed E-state index contributed by atoms with van der Waals surface area (Å²) in [4.78, 5) is 54.7. The normalized spacial score (nSPS) is 31.4. The van der Waals surface area contributed by atoms with E-state index in [0.29, 0.717) is 43.4 Å². The molecule has 14 nitrogen and oxygen atoms in total. The summed E-state index contributed by atoms with van der Waals surface area (Å²) in [5, 5.41) is 26.8. The Hall–Kier alpha value is -3.04. The minimum atomic E-state index is -1.15. The highest BCUT2D eigenvalue weighted by Crippen LogP contribution is 2.51. The highest BCUT2D eigenvalue weighted by Gasteiger charge is 2.60. The minimum Gasteiger partial charge on any atom is -0.477 e. The molecule has 4 aliphatic rings. The third-order valence-corrected chi connectivity index (χ3v) is 9.54. The van der Waals surface area contributed by atoms with Crippen LogP contribution < -0.4 is 16.4 Å². The number of nitrogens with one attached hydrogen (secondary N) is 2. The molecule has 5 N–H and O–H groups in total. The van der Waals surface area contributed by atoms with E-state index in [-0.39, 0.29) is 53.2 Å². The fraction of sp³-hybridized carbons (Fsp3) is 0.696. The lowest BCUT2D eigenvalue weighted by Gasteiger charge is -2.47. The lowest BCUT2D eigenvalue weighted by Crippen LogP contribution is -2.66. The van der Waals surface area contributed by atoms with Crippen molar-refractivity contribution in [3.8, 4) is 0 Å². The van der Waals surface area contributed by atoms with Gasteiger partial charge < -0.3 is 31.3 Å². The second-order valence-corrected chi connectivity index (χ2v) is 11.8. The van der Waals surface area contributed by atoms with E-state index in [1.54, 1.807) is 6.92 Å². The number of fused-ring (bicyclic) bond motifs is 1. The number of aliphatic carboxylic acids is 1. The van der Waals surface area contributed by atoms with Crippen molar-refractivity contribution >= 4 is 35.5 Å². The molecule has 206 valence electrons. The second kappa shape index (κ2) is 10.6. The molecule has 1 aromatic rings. The van der Waals surface area contributed by atoms with Gasteiger partial charge in [0, 0.05) is 41.7 Å². The fourth-order valence-electron chi connectivity index (χ4n) is 6.09. The number of nitrogens with zero attached hydrogens (tertiary/aromatic N) is 6. The predicted molar refractivity (Wildman–Crippen MR) is 135 cm³/mol. The number of carbonyl (C=O) groups excluding carboxylic acids is 3. The Labute approximate surface area is 223 Å². The molecule has 4 aliphatic heterocycles. The van der Waals surface area contributed by atoms with Crippen molar-refractivity contribution in [2.75, 3.05) is 26.2 Å². The Morgan fingerprint density at radius 3 is 2.82 bits per heavy atom. The van der Waals surface area contributed by atoms with Gasteiger partial charge in [-0.15, -0.1) is 16.9 Å². The summed E-state index contributed by atoms with van der Waals surface area (Å²) in [6.45, 7) is 6.13. The SMILES string of the molecule is C[C@@H](NC(=O)Cn1cnnn1)[C@H]1C(=O)N2C(C(=O)O)=C(S[C@@H]3CN[C@H](C(=O)N4CC[C@@H](CN)C4)C3)[C@H](C)[C@@H]12. The number of hydrogen-bond donors (Lipinski definition) is 4. The van der Waals surface area contributed by atoms with Crippen LogP contribution in [-0.2, 0) is 25.7 Å². The average molecular weight is 548 g/mol. The van der Waals surface area contributed by atoms with Gasteiger partial charge in [0.2, 0.25) is 17.7 Å². The van der Waals surface area contributed by atoms with Gasteiger partial charge in [-0.25, -0.2) is 9.48 Å². The molecule has 1 aromatic heterocycles. The van der Waals surface area contributed by atoms with Crippen molar-refractivity contribution in [2.24, 2.45) is 23.5 Å². The Bertz CT molecular complexity index is 1140. The van der Waals surface area contributed by atoms with Crippen molar-refractivity contribution in [1.29, 1.82) is 0 Å². The average Bonchev–Trinajstić information content (AvgIpc) is 3.67. The van der Waals surface area contributed by atoms with E-state index in [0.717, 1.165) is 6.42 Å². The van der Waals surface area contributed by atoms with Crippen LogP contribution in [0.1, 0.15) is 26.7 Å². The molecule has 15 heteroatoms. The van der Waals surface area contributed by atoms with Crippen molar-refractivity contribution < 1.29 is 24.3 Å². The lowest BCUT2D eigenvalue weighted by molar-refractivity contribution is -0.158. The van der Waals surface area contributed by atoms with E-state index in [1.807, 2.05) is 11.8 Å². The van der Waals surface area contributed by atoms with Gasteiger partial charge >= 0.3 is 5.97 Å². The number of carbonyl (C=O) groups is 4. The fourth-order valence-corrected chi connectivity index (χ4v) is 7.57. The van der Waals surface area contributed by atoms with Crippen LogP contribution in [0.5, 0.6) is 0 Å². The first kappa shape index (κ1) is 26.6. The van der Waals surface area contributed by atoms with Crippen LogP contribution in [0, 0.1) is 17.8 Å². The maximum atomic E-state index is 13.1. The number of thioether (sulfide) groups is 1. The summed E-state index contributed by atoms with van der Waals surface area (Å²) in [6, 6.07) is -1.16. The van der Waals surface area contributed by atoms with Crippen LogP contribution in [0.2, 0.25) is 0 Å². The van der Waals surface area contributed by atoms with Gasteiger partial charge in [-0.05, 0) is 42.7 Å². The zero-order valence-corrected chi connectivity index (χ0v) is 22.1. The monoisotopic (exact) mass is 547 g/mol. The number of hydrogen-bond acceptors (Lipinski definition) is 10. The standard InChI is InChI=1S/C23H33N9O5S/c1-11-18-17(12(2)27-16(33)9-31-10-26-28-29-31)22(35)32(18)19(23(36)37)20(11)38-14-5-15(25-7-14)21(34)30-4-3-13(6-24)8-30/h10-15,17-18,25H,3-9,24H2,1-2H3,(H,27,33)(H,36,37)/t11-,12-,13+,14+,15+,17-,18+/m1/s1. The molecule has 3 saturated heterocycles. The molecular weight excluding hydrogens is 514 g/mol. The third kappa shape index (κ3) is 4.78. The molecular formula is C23H33N9O5S. The number of carboxylic acid groups (broad SMARTS) is 1. The number of nitrogens with two attached hydrogens (primary N) is 1. The largest absolute Gasteiger partial charge is 0.477 e. The number of β-lactam (4-membered cyclic amide) rings is 1. The zero-order valence-electron chi connectivity index (χ0n) is 21.3. The highest BCUT2D eigenvalue weighted by atomic mass is 32.2. The van der Waals surface area contributed by atoms with Crippen molar-refractivity contribution in [3.05, 3.63) is 16.9 Å². The van der Waals surface area contributed by atoms with E-state index in [2.05, 4.69) is 26.2 Å². The van der Waals surface area contributed by atoms with Crippen LogP contribution in [-0.4, -0.2) is 108 Å². The van der Waals surface area contributed by atoms with Crippen LogP contribution in [0.3, 0.4) is 0 Å². The van der Waals surface area contributed by atoms with Gasteiger partial charge in [-0.2, -0.15) is 0 Å². The van der Waals surface area contributed by atoms with Crippen molar-refractivity contribution in [2.45, 2.75) is 56.6 Å². The van der Waals surface area contributed by atoms with Gasteiger partial charge in [0.05, 0.1) is 18.0 Å². The minimum absolute atomic E-state index is 0.00401. The first-order valence-electron chi connectivity index (χ1n) is 12.9. The molecule has 0 aromatic carbocycles. The van der Waals surface area contributed by atoms with Gasteiger partial charge in [-0.3, -0.25) is 14.4 Å². The first-order chi connectivity index (χ1) is 18.2. The smallest absolute Gasteiger partial charge is 0.353 e. The van der Waals surface area contributed by atoms with E-state index >= 15 is 0 Å². The summed E-state index contributed by atoms with van der Waals surface area (Å²) >= 11 is 1.45. The molecule has 0 spiro atoms. The molecule has 38 heavy (non-hydrogen) atoms. The van der Waals surface area contributed by atoms with Crippen LogP contribution in [0.25, 0.3) is 0 Å². The van der Waals surface area contributed by atoms with Gasteiger partial charge in [0.25, 0.3) is 0 Å². The molecule has 5 rings (SSSR count). The van der Waals surface area contributed by atoms with E-state index in [9.17, 15) is 24.3 Å². The van der Waals surface area contributed by atoms with Crippen molar-refractivity contribution in [1.82, 2.24) is 40.6 Å². The predicted octanol–water partition coefficient (Wildman–Crippen LogP) is -1.78. The Morgan fingerprint density at radius 1 is 1.37 bits per heavy atom. The molecule has 3 amide bonds. The zero-order chi connectivity index (χ0) is 27.1. The molecule has 0 aliphatic carbocycles. The van der Waals surface area contributed by atoms with Crippen LogP contribution >= 0.6 is 11.8 Å². The Kier molecular flexibility index (Phi) is 7.42. The maximum absolute atomic E-state index is 13.1. The summed E-state index contributed by atoms with van der Waals surface area (Å²) in [6.07, 6.45) is 2.83. The molecule has 0 radical (unpaired) electrons. The summed E-state index contributed by atoms with van der Waals surface area (Å²) in [5.74, 6) is -2.15. The quantitative estimate of drug-likeness (QED) is 0.256. The van der Waals surface area contributed by atoms with Crippen LogP contribution in [0.15, 0.2) is 16.9 Å². The topological polar surface area (TPSA) is 189 Å². The maximum Gasteiger partial charge on any atom is 0.353 e. The number of aromatic nitrogens is 4. The third-order valence-electron chi connectivity index (χ3n) is 8.03. The number of likely N-dealkylation sites (tertiary alicyclic amines) is 1. The molecule has 3 fully saturated rings. The Morgan fingerprint density at radius 2 is 2.16 bits per heavy atom. The van der Waals surface area contributed by atoms with E-state index in [1.165, 1.54) is 27.7 Å². The number of carboxylic acids is 1. The molecule has 5 heterocycles. The first-order valence-corrected chi connectivity index (χ1v) is 13.8. The number of tetrazole rings is 1. The lowest BCUT2D eigenvalue weighted by atomic mass is 9.78. The summed E-state index contributed by atoms with van der Waals surface area (Å²) in [5.41, 5.74) is 5.78. The van der Waals surface area contributed by atoms with E-state index in [4.69, 9.17) is 5.73 Å².